The van der Waals surface area contributed by atoms with Gasteiger partial charge in [-0.15, -0.1) is 0 Å². The van der Waals surface area contributed by atoms with Gasteiger partial charge >= 0.3 is 0 Å². The molecule has 1 unspecified atom stereocenters. The number of hydrogen-bond acceptors (Lipinski definition) is 3. The van der Waals surface area contributed by atoms with E-state index in [0.717, 1.165) is 45.6 Å². The highest BCUT2D eigenvalue weighted by atomic mass is 16.5. The third-order valence-electron chi connectivity index (χ3n) is 3.02. The van der Waals surface area contributed by atoms with Gasteiger partial charge in [-0.05, 0) is 33.1 Å². The van der Waals surface area contributed by atoms with Gasteiger partial charge in [-0.2, -0.15) is 0 Å². The minimum absolute atomic E-state index is 0.240. The molecule has 4 nitrogen and oxygen atoms in total. The van der Waals surface area contributed by atoms with Crippen molar-refractivity contribution in [3.8, 4) is 0 Å². The average molecular weight is 243 g/mol. The minimum Gasteiger partial charge on any atom is -0.382 e. The van der Waals surface area contributed by atoms with E-state index in [1.54, 1.807) is 0 Å². The second-order valence-corrected chi connectivity index (χ2v) is 4.36. The number of hydrogen-bond donors (Lipinski definition) is 0. The van der Waals surface area contributed by atoms with Crippen molar-refractivity contribution >= 4 is 5.91 Å². The molecule has 1 rings (SSSR count). The Morgan fingerprint density at radius 3 is 2.88 bits per heavy atom. The number of carbonyl (C=O) groups is 1. The summed E-state index contributed by atoms with van der Waals surface area (Å²) in [4.78, 5) is 13.9. The summed E-state index contributed by atoms with van der Waals surface area (Å²) in [5, 5.41) is 0. The number of nitrogens with zero attached hydrogens (tertiary/aromatic N) is 1. The van der Waals surface area contributed by atoms with Gasteiger partial charge < -0.3 is 14.4 Å². The van der Waals surface area contributed by atoms with Crippen LogP contribution in [0.3, 0.4) is 0 Å². The first-order valence-corrected chi connectivity index (χ1v) is 6.75. The molecule has 0 saturated carbocycles. The average Bonchev–Trinajstić information content (AvgIpc) is 2.35. The third kappa shape index (κ3) is 5.50. The molecule has 0 bridgehead atoms. The van der Waals surface area contributed by atoms with Crippen LogP contribution in [0.15, 0.2) is 0 Å². The highest BCUT2D eigenvalue weighted by molar-refractivity contribution is 5.76. The van der Waals surface area contributed by atoms with Gasteiger partial charge in [0.25, 0.3) is 0 Å². The van der Waals surface area contributed by atoms with Crippen LogP contribution < -0.4 is 0 Å². The largest absolute Gasteiger partial charge is 0.382 e. The number of ether oxygens (including phenoxy) is 2. The molecule has 0 N–H and O–H groups in total. The lowest BCUT2D eigenvalue weighted by Gasteiger charge is -2.32. The Bertz CT molecular complexity index is 219. The number of likely N-dealkylation sites (tertiary alicyclic amines) is 1. The molecule has 17 heavy (non-hydrogen) atoms. The molecule has 0 aliphatic carbocycles. The SMILES string of the molecule is CCOCCCC(=O)N1CCCC(OCC)C1. The van der Waals surface area contributed by atoms with E-state index in [1.165, 1.54) is 0 Å². The molecule has 1 heterocycles. The molecule has 100 valence electrons. The van der Waals surface area contributed by atoms with Crippen LogP contribution in [-0.2, 0) is 14.3 Å². The molecule has 4 heteroatoms. The van der Waals surface area contributed by atoms with Gasteiger partial charge in [0, 0.05) is 39.3 Å². The van der Waals surface area contributed by atoms with Gasteiger partial charge in [0.2, 0.25) is 5.91 Å². The zero-order chi connectivity index (χ0) is 12.5. The maximum absolute atomic E-state index is 11.9. The molecule has 1 aliphatic rings. The van der Waals surface area contributed by atoms with Crippen molar-refractivity contribution in [1.82, 2.24) is 4.90 Å². The molecule has 0 radical (unpaired) electrons. The minimum atomic E-state index is 0.240. The Labute approximate surface area is 104 Å². The summed E-state index contributed by atoms with van der Waals surface area (Å²) < 4.78 is 10.8. The Morgan fingerprint density at radius 1 is 1.35 bits per heavy atom. The first kappa shape index (κ1) is 14.5. The summed E-state index contributed by atoms with van der Waals surface area (Å²) >= 11 is 0. The quantitative estimate of drug-likeness (QED) is 0.640. The van der Waals surface area contributed by atoms with E-state index >= 15 is 0 Å². The number of amides is 1. The fraction of sp³-hybridized carbons (Fsp3) is 0.923. The first-order chi connectivity index (χ1) is 8.27. The van der Waals surface area contributed by atoms with Gasteiger partial charge in [-0.25, -0.2) is 0 Å². The molecular formula is C13H25NO3. The molecule has 0 aromatic carbocycles. The predicted octanol–water partition coefficient (Wildman–Crippen LogP) is 1.83. The maximum Gasteiger partial charge on any atom is 0.222 e. The number of piperidine rings is 1. The topological polar surface area (TPSA) is 38.8 Å². The Kier molecular flexibility index (Phi) is 7.21. The van der Waals surface area contributed by atoms with Gasteiger partial charge in [0.05, 0.1) is 6.10 Å². The molecule has 1 aliphatic heterocycles. The van der Waals surface area contributed by atoms with E-state index in [0.29, 0.717) is 13.0 Å². The summed E-state index contributed by atoms with van der Waals surface area (Å²) in [5.74, 6) is 0.245. The highest BCUT2D eigenvalue weighted by Gasteiger charge is 2.23. The van der Waals surface area contributed by atoms with Gasteiger partial charge in [0.1, 0.15) is 0 Å². The van der Waals surface area contributed by atoms with Crippen LogP contribution in [0.5, 0.6) is 0 Å². The molecule has 0 aromatic rings. The molecule has 1 fully saturated rings. The Morgan fingerprint density at radius 2 is 2.18 bits per heavy atom. The van der Waals surface area contributed by atoms with Gasteiger partial charge in [-0.3, -0.25) is 4.79 Å². The van der Waals surface area contributed by atoms with Crippen LogP contribution >= 0.6 is 0 Å². The molecule has 0 spiro atoms. The normalized spacial score (nSPS) is 20.6. The van der Waals surface area contributed by atoms with Crippen LogP contribution in [0.2, 0.25) is 0 Å². The maximum atomic E-state index is 11.9. The number of carbonyl (C=O) groups excluding carboxylic acids is 1. The summed E-state index contributed by atoms with van der Waals surface area (Å²) in [6, 6.07) is 0. The lowest BCUT2D eigenvalue weighted by molar-refractivity contribution is -0.135. The summed E-state index contributed by atoms with van der Waals surface area (Å²) in [6.45, 7) is 7.77. The monoisotopic (exact) mass is 243 g/mol. The zero-order valence-electron chi connectivity index (χ0n) is 11.1. The summed E-state index contributed by atoms with van der Waals surface area (Å²) in [5.41, 5.74) is 0. The highest BCUT2D eigenvalue weighted by Crippen LogP contribution is 2.14. The fourth-order valence-corrected chi connectivity index (χ4v) is 2.16. The molecule has 1 saturated heterocycles. The predicted molar refractivity (Wildman–Crippen MR) is 67.0 cm³/mol. The Hall–Kier alpha value is -0.610. The van der Waals surface area contributed by atoms with Crippen molar-refractivity contribution in [2.75, 3.05) is 32.9 Å². The lowest BCUT2D eigenvalue weighted by atomic mass is 10.1. The van der Waals surface area contributed by atoms with Crippen molar-refractivity contribution in [3.05, 3.63) is 0 Å². The van der Waals surface area contributed by atoms with Crippen LogP contribution in [-0.4, -0.2) is 49.8 Å². The second kappa shape index (κ2) is 8.48. The van der Waals surface area contributed by atoms with Crippen molar-refractivity contribution in [2.45, 2.75) is 45.6 Å². The van der Waals surface area contributed by atoms with Crippen LogP contribution in [0.4, 0.5) is 0 Å². The second-order valence-electron chi connectivity index (χ2n) is 4.36. The lowest BCUT2D eigenvalue weighted by Crippen LogP contribution is -2.43. The zero-order valence-corrected chi connectivity index (χ0v) is 11.1. The Balaban J connectivity index is 2.21. The molecule has 1 atom stereocenters. The van der Waals surface area contributed by atoms with Crippen LogP contribution in [0, 0.1) is 0 Å². The summed E-state index contributed by atoms with van der Waals surface area (Å²) in [6.07, 6.45) is 3.80. The van der Waals surface area contributed by atoms with Crippen molar-refractivity contribution in [2.24, 2.45) is 0 Å². The van der Waals surface area contributed by atoms with Crippen LogP contribution in [0.1, 0.15) is 39.5 Å². The van der Waals surface area contributed by atoms with E-state index in [9.17, 15) is 4.79 Å². The van der Waals surface area contributed by atoms with Crippen molar-refractivity contribution < 1.29 is 14.3 Å². The number of rotatable bonds is 7. The van der Waals surface area contributed by atoms with Crippen molar-refractivity contribution in [1.29, 1.82) is 0 Å². The molecule has 1 amide bonds. The van der Waals surface area contributed by atoms with E-state index in [-0.39, 0.29) is 12.0 Å². The van der Waals surface area contributed by atoms with E-state index < -0.39 is 0 Å². The van der Waals surface area contributed by atoms with Gasteiger partial charge in [0.15, 0.2) is 0 Å². The van der Waals surface area contributed by atoms with Crippen molar-refractivity contribution in [3.63, 3.8) is 0 Å². The fourth-order valence-electron chi connectivity index (χ4n) is 2.16. The molecule has 0 aromatic heterocycles. The van der Waals surface area contributed by atoms with E-state index in [4.69, 9.17) is 9.47 Å². The van der Waals surface area contributed by atoms with Crippen LogP contribution in [0.25, 0.3) is 0 Å². The first-order valence-electron chi connectivity index (χ1n) is 6.75. The van der Waals surface area contributed by atoms with Gasteiger partial charge in [-0.1, -0.05) is 0 Å². The smallest absolute Gasteiger partial charge is 0.222 e. The van der Waals surface area contributed by atoms with E-state index in [2.05, 4.69) is 0 Å². The summed E-state index contributed by atoms with van der Waals surface area (Å²) in [7, 11) is 0. The van der Waals surface area contributed by atoms with E-state index in [1.807, 2.05) is 18.7 Å². The standard InChI is InChI=1S/C13H25NO3/c1-3-16-10-6-8-13(15)14-9-5-7-12(11-14)17-4-2/h12H,3-11H2,1-2H3. The third-order valence-corrected chi connectivity index (χ3v) is 3.02. The molecular weight excluding hydrogens is 218 g/mol.